The van der Waals surface area contributed by atoms with Gasteiger partial charge in [-0.15, -0.1) is 0 Å². The van der Waals surface area contributed by atoms with E-state index in [1.807, 2.05) is 0 Å². The molecule has 0 unspecified atom stereocenters. The SMILES string of the molecule is Nc1cc2cc(Cl)ccc2c(=O)n1N. The fourth-order valence-electron chi connectivity index (χ4n) is 1.32. The van der Waals surface area contributed by atoms with Gasteiger partial charge in [-0.2, -0.15) is 0 Å². The lowest BCUT2D eigenvalue weighted by atomic mass is 10.2. The average Bonchev–Trinajstić information content (AvgIpc) is 2.14. The predicted molar refractivity (Wildman–Crippen MR) is 57.8 cm³/mol. The van der Waals surface area contributed by atoms with Crippen molar-refractivity contribution in [2.45, 2.75) is 0 Å². The topological polar surface area (TPSA) is 74.0 Å². The zero-order valence-corrected chi connectivity index (χ0v) is 7.95. The highest BCUT2D eigenvalue weighted by molar-refractivity contribution is 6.31. The molecular formula is C9H8ClN3O. The number of aromatic nitrogens is 1. The van der Waals surface area contributed by atoms with Crippen molar-refractivity contribution in [3.8, 4) is 0 Å². The van der Waals surface area contributed by atoms with Gasteiger partial charge in [0.2, 0.25) is 0 Å². The number of benzene rings is 1. The van der Waals surface area contributed by atoms with Crippen LogP contribution in [0.1, 0.15) is 0 Å². The molecule has 1 aromatic heterocycles. The fraction of sp³-hybridized carbons (Fsp3) is 0. The van der Waals surface area contributed by atoms with Crippen molar-refractivity contribution in [2.75, 3.05) is 11.6 Å². The Balaban J connectivity index is 2.98. The minimum atomic E-state index is -0.323. The van der Waals surface area contributed by atoms with Crippen LogP contribution in [-0.2, 0) is 0 Å². The maximum Gasteiger partial charge on any atom is 0.278 e. The Labute approximate surface area is 84.7 Å². The molecule has 0 amide bonds. The normalized spacial score (nSPS) is 10.6. The molecule has 1 aromatic carbocycles. The molecule has 0 fully saturated rings. The van der Waals surface area contributed by atoms with Crippen LogP contribution < -0.4 is 17.1 Å². The highest BCUT2D eigenvalue weighted by atomic mass is 35.5. The number of nitrogen functional groups attached to an aromatic ring is 2. The third-order valence-electron chi connectivity index (χ3n) is 2.04. The van der Waals surface area contributed by atoms with E-state index >= 15 is 0 Å². The summed E-state index contributed by atoms with van der Waals surface area (Å²) in [6.45, 7) is 0. The Hall–Kier alpha value is -1.68. The standard InChI is InChI=1S/C9H8ClN3O/c10-6-1-2-7-5(3-6)4-8(11)13(12)9(7)14/h1-4H,11-12H2. The molecule has 0 aliphatic rings. The first-order valence-corrected chi connectivity index (χ1v) is 4.33. The van der Waals surface area contributed by atoms with Gasteiger partial charge in [-0.1, -0.05) is 11.6 Å². The molecule has 0 aliphatic heterocycles. The molecule has 72 valence electrons. The first-order valence-electron chi connectivity index (χ1n) is 3.95. The highest BCUT2D eigenvalue weighted by Gasteiger charge is 2.04. The summed E-state index contributed by atoms with van der Waals surface area (Å²) >= 11 is 5.78. The van der Waals surface area contributed by atoms with Gasteiger partial charge in [0.1, 0.15) is 5.82 Å². The van der Waals surface area contributed by atoms with Crippen LogP contribution in [0.2, 0.25) is 5.02 Å². The number of fused-ring (bicyclic) bond motifs is 1. The van der Waals surface area contributed by atoms with E-state index in [0.29, 0.717) is 15.8 Å². The molecule has 4 nitrogen and oxygen atoms in total. The monoisotopic (exact) mass is 209 g/mol. The van der Waals surface area contributed by atoms with Crippen LogP contribution in [0.25, 0.3) is 10.8 Å². The molecule has 0 spiro atoms. The maximum atomic E-state index is 11.6. The molecule has 2 rings (SSSR count). The second-order valence-electron chi connectivity index (χ2n) is 2.98. The molecular weight excluding hydrogens is 202 g/mol. The lowest BCUT2D eigenvalue weighted by Crippen LogP contribution is -2.29. The van der Waals surface area contributed by atoms with E-state index in [0.717, 1.165) is 4.68 Å². The lowest BCUT2D eigenvalue weighted by Gasteiger charge is -2.05. The number of pyridine rings is 1. The number of hydrogen-bond acceptors (Lipinski definition) is 3. The Morgan fingerprint density at radius 2 is 2.00 bits per heavy atom. The molecule has 0 saturated heterocycles. The van der Waals surface area contributed by atoms with Crippen LogP contribution in [0.4, 0.5) is 5.82 Å². The Morgan fingerprint density at radius 1 is 1.29 bits per heavy atom. The molecule has 0 radical (unpaired) electrons. The van der Waals surface area contributed by atoms with Crippen LogP contribution >= 0.6 is 11.6 Å². The number of anilines is 1. The Kier molecular flexibility index (Phi) is 1.86. The number of nitrogens with zero attached hydrogens (tertiary/aromatic N) is 1. The van der Waals surface area contributed by atoms with Crippen LogP contribution in [0.5, 0.6) is 0 Å². The smallest absolute Gasteiger partial charge is 0.278 e. The molecule has 5 heteroatoms. The first-order chi connectivity index (χ1) is 6.59. The van der Waals surface area contributed by atoms with Gasteiger partial charge in [0.05, 0.1) is 0 Å². The van der Waals surface area contributed by atoms with Crippen molar-refractivity contribution >= 4 is 28.2 Å². The molecule has 4 N–H and O–H groups in total. The minimum absolute atomic E-state index is 0.213. The third-order valence-corrected chi connectivity index (χ3v) is 2.28. The summed E-state index contributed by atoms with van der Waals surface area (Å²) in [7, 11) is 0. The molecule has 1 heterocycles. The summed E-state index contributed by atoms with van der Waals surface area (Å²) in [5.74, 6) is 5.64. The third kappa shape index (κ3) is 1.20. The number of rotatable bonds is 0. The second kappa shape index (κ2) is 2.92. The summed E-state index contributed by atoms with van der Waals surface area (Å²) in [6, 6.07) is 6.56. The van der Waals surface area contributed by atoms with E-state index in [4.69, 9.17) is 23.2 Å². The van der Waals surface area contributed by atoms with E-state index in [1.54, 1.807) is 24.3 Å². The first kappa shape index (κ1) is 8.90. The summed E-state index contributed by atoms with van der Waals surface area (Å²) in [5, 5.41) is 1.76. The quantitative estimate of drug-likeness (QED) is 0.635. The van der Waals surface area contributed by atoms with Gasteiger partial charge in [-0.05, 0) is 29.7 Å². The van der Waals surface area contributed by atoms with Gasteiger partial charge in [0, 0.05) is 10.4 Å². The van der Waals surface area contributed by atoms with Gasteiger partial charge in [0.15, 0.2) is 0 Å². The van der Waals surface area contributed by atoms with Crippen molar-refractivity contribution in [1.29, 1.82) is 0 Å². The van der Waals surface area contributed by atoms with Gasteiger partial charge < -0.3 is 11.6 Å². The summed E-state index contributed by atoms with van der Waals surface area (Å²) in [4.78, 5) is 11.6. The van der Waals surface area contributed by atoms with Crippen molar-refractivity contribution in [3.63, 3.8) is 0 Å². The van der Waals surface area contributed by atoms with Crippen LogP contribution in [0.3, 0.4) is 0 Å². The molecule has 0 saturated carbocycles. The van der Waals surface area contributed by atoms with Crippen molar-refractivity contribution in [3.05, 3.63) is 39.6 Å². The zero-order valence-electron chi connectivity index (χ0n) is 7.20. The minimum Gasteiger partial charge on any atom is -0.384 e. The molecule has 0 atom stereocenters. The van der Waals surface area contributed by atoms with Crippen LogP contribution in [0, 0.1) is 0 Å². The van der Waals surface area contributed by atoms with Crippen molar-refractivity contribution in [1.82, 2.24) is 4.68 Å². The van der Waals surface area contributed by atoms with Crippen LogP contribution in [0.15, 0.2) is 29.1 Å². The molecule has 0 aliphatic carbocycles. The predicted octanol–water partition coefficient (Wildman–Crippen LogP) is 0.951. The van der Waals surface area contributed by atoms with E-state index in [9.17, 15) is 4.79 Å². The number of halogens is 1. The molecule has 14 heavy (non-hydrogen) atoms. The highest BCUT2D eigenvalue weighted by Crippen LogP contribution is 2.17. The van der Waals surface area contributed by atoms with Gasteiger partial charge >= 0.3 is 0 Å². The van der Waals surface area contributed by atoms with E-state index < -0.39 is 0 Å². The maximum absolute atomic E-state index is 11.6. The second-order valence-corrected chi connectivity index (χ2v) is 3.41. The summed E-state index contributed by atoms with van der Waals surface area (Å²) < 4.78 is 0.913. The fourth-order valence-corrected chi connectivity index (χ4v) is 1.50. The molecule has 2 aromatic rings. The van der Waals surface area contributed by atoms with Gasteiger partial charge in [-0.25, -0.2) is 4.68 Å². The Bertz CT molecular complexity index is 562. The summed E-state index contributed by atoms with van der Waals surface area (Å²) in [6.07, 6.45) is 0. The van der Waals surface area contributed by atoms with Crippen molar-refractivity contribution < 1.29 is 0 Å². The molecule has 0 bridgehead atoms. The van der Waals surface area contributed by atoms with Crippen LogP contribution in [-0.4, -0.2) is 4.68 Å². The number of hydrogen-bond donors (Lipinski definition) is 2. The average molecular weight is 210 g/mol. The zero-order chi connectivity index (χ0) is 10.3. The summed E-state index contributed by atoms with van der Waals surface area (Å²) in [5.41, 5.74) is 5.21. The Morgan fingerprint density at radius 3 is 2.71 bits per heavy atom. The van der Waals surface area contributed by atoms with Gasteiger partial charge in [0.25, 0.3) is 5.56 Å². The van der Waals surface area contributed by atoms with Gasteiger partial charge in [-0.3, -0.25) is 4.79 Å². The largest absolute Gasteiger partial charge is 0.384 e. The van der Waals surface area contributed by atoms with Crippen molar-refractivity contribution in [2.24, 2.45) is 0 Å². The number of nitrogens with two attached hydrogens (primary N) is 2. The lowest BCUT2D eigenvalue weighted by molar-refractivity contribution is 0.968. The van der Waals surface area contributed by atoms with E-state index in [2.05, 4.69) is 0 Å². The van der Waals surface area contributed by atoms with E-state index in [-0.39, 0.29) is 11.4 Å². The van der Waals surface area contributed by atoms with E-state index in [1.165, 1.54) is 0 Å².